The Kier molecular flexibility index (Phi) is 8.52. The summed E-state index contributed by atoms with van der Waals surface area (Å²) in [7, 11) is -0.651. The molecule has 0 radical (unpaired) electrons. The van der Waals surface area contributed by atoms with Crippen molar-refractivity contribution in [3.63, 3.8) is 0 Å². The van der Waals surface area contributed by atoms with E-state index in [1.807, 2.05) is 0 Å². The van der Waals surface area contributed by atoms with Crippen LogP contribution in [0, 0.1) is 5.92 Å². The molecule has 0 aromatic heterocycles. The molecular formula is C25H31N3O8S. The zero-order chi connectivity index (χ0) is 26.4. The van der Waals surface area contributed by atoms with E-state index in [1.165, 1.54) is 30.7 Å². The molecule has 12 heteroatoms. The maximum atomic E-state index is 13.1. The van der Waals surface area contributed by atoms with Crippen LogP contribution < -0.4 is 24.8 Å². The third kappa shape index (κ3) is 6.14. The highest BCUT2D eigenvalue weighted by Gasteiger charge is 2.36. The maximum Gasteiger partial charge on any atom is 0.252 e. The summed E-state index contributed by atoms with van der Waals surface area (Å²) in [5, 5.41) is 5.64. The van der Waals surface area contributed by atoms with Gasteiger partial charge in [-0.1, -0.05) is 0 Å². The van der Waals surface area contributed by atoms with Gasteiger partial charge in [0.05, 0.1) is 18.6 Å². The number of rotatable bonds is 10. The molecule has 2 aliphatic rings. The van der Waals surface area contributed by atoms with Crippen LogP contribution in [0.5, 0.6) is 17.2 Å². The molecule has 4 rings (SSSR count). The second kappa shape index (κ2) is 11.8. The lowest BCUT2D eigenvalue weighted by atomic mass is 9.89. The van der Waals surface area contributed by atoms with Gasteiger partial charge in [0, 0.05) is 32.3 Å². The van der Waals surface area contributed by atoms with Crippen LogP contribution in [-0.2, 0) is 19.6 Å². The van der Waals surface area contributed by atoms with Crippen molar-refractivity contribution in [1.82, 2.24) is 14.9 Å². The number of methoxy groups -OCH3 is 2. The molecule has 37 heavy (non-hydrogen) atoms. The Morgan fingerprint density at radius 1 is 1.05 bits per heavy atom. The number of carbonyl (C=O) groups is 2. The second-order valence-corrected chi connectivity index (χ2v) is 10.7. The highest BCUT2D eigenvalue weighted by molar-refractivity contribution is 7.89. The smallest absolute Gasteiger partial charge is 0.252 e. The lowest BCUT2D eigenvalue weighted by Crippen LogP contribution is -2.54. The number of benzene rings is 2. The number of fused-ring (bicyclic) bond motifs is 1. The van der Waals surface area contributed by atoms with Crippen molar-refractivity contribution < 1.29 is 37.0 Å². The van der Waals surface area contributed by atoms with Crippen LogP contribution in [0.4, 0.5) is 0 Å². The Morgan fingerprint density at radius 3 is 2.43 bits per heavy atom. The van der Waals surface area contributed by atoms with Crippen LogP contribution in [0.3, 0.4) is 0 Å². The highest BCUT2D eigenvalue weighted by atomic mass is 32.2. The molecule has 2 aliphatic heterocycles. The number of hydrogen-bond donors (Lipinski definition) is 2. The van der Waals surface area contributed by atoms with Gasteiger partial charge in [-0.2, -0.15) is 4.31 Å². The fraction of sp³-hybridized carbons (Fsp3) is 0.440. The van der Waals surface area contributed by atoms with Crippen LogP contribution in [0.2, 0.25) is 0 Å². The van der Waals surface area contributed by atoms with E-state index in [2.05, 4.69) is 10.6 Å². The van der Waals surface area contributed by atoms with Gasteiger partial charge >= 0.3 is 0 Å². The van der Waals surface area contributed by atoms with E-state index in [-0.39, 0.29) is 43.1 Å². The molecule has 0 unspecified atom stereocenters. The Labute approximate surface area is 216 Å². The zero-order valence-electron chi connectivity index (χ0n) is 20.8. The van der Waals surface area contributed by atoms with Gasteiger partial charge in [0.1, 0.15) is 11.8 Å². The van der Waals surface area contributed by atoms with Crippen molar-refractivity contribution in [3.05, 3.63) is 48.0 Å². The normalized spacial score (nSPS) is 16.7. The van der Waals surface area contributed by atoms with Crippen molar-refractivity contribution >= 4 is 21.8 Å². The standard InChI is InChI=1S/C25H31N3O8S/c1-33-14-11-26-25(30)23(27-24(29)18-3-8-21-22(15-18)36-16-35-21)17-9-12-28(13-10-17)37(31,32)20-6-4-19(34-2)5-7-20/h3-8,15,17,23H,9-14,16H2,1-2H3,(H,26,30)(H,27,29)/t23-/m0/s1. The topological polar surface area (TPSA) is 132 Å². The summed E-state index contributed by atoms with van der Waals surface area (Å²) in [4.78, 5) is 26.3. The number of carbonyl (C=O) groups excluding carboxylic acids is 2. The van der Waals surface area contributed by atoms with Crippen LogP contribution in [-0.4, -0.2) is 77.8 Å². The molecule has 0 saturated carbocycles. The van der Waals surface area contributed by atoms with Crippen LogP contribution in [0.15, 0.2) is 47.4 Å². The minimum Gasteiger partial charge on any atom is -0.497 e. The molecule has 1 atom stereocenters. The first-order valence-electron chi connectivity index (χ1n) is 11.9. The Morgan fingerprint density at radius 2 is 1.76 bits per heavy atom. The summed E-state index contributed by atoms with van der Waals surface area (Å²) < 4.78 is 48.4. The van der Waals surface area contributed by atoms with Crippen molar-refractivity contribution in [2.45, 2.75) is 23.8 Å². The Balaban J connectivity index is 1.45. The van der Waals surface area contributed by atoms with E-state index in [1.54, 1.807) is 30.3 Å². The number of nitrogens with zero attached hydrogens (tertiary/aromatic N) is 1. The fourth-order valence-electron chi connectivity index (χ4n) is 4.39. The Hall–Kier alpha value is -3.35. The van der Waals surface area contributed by atoms with Crippen molar-refractivity contribution in [2.24, 2.45) is 5.92 Å². The van der Waals surface area contributed by atoms with Gasteiger partial charge in [-0.25, -0.2) is 8.42 Å². The van der Waals surface area contributed by atoms with Gasteiger partial charge in [-0.05, 0) is 61.2 Å². The van der Waals surface area contributed by atoms with Gasteiger partial charge < -0.3 is 29.6 Å². The largest absolute Gasteiger partial charge is 0.497 e. The van der Waals surface area contributed by atoms with Crippen molar-refractivity contribution in [2.75, 3.05) is 47.3 Å². The monoisotopic (exact) mass is 533 g/mol. The second-order valence-electron chi connectivity index (χ2n) is 8.72. The summed E-state index contributed by atoms with van der Waals surface area (Å²) in [5.41, 5.74) is 0.332. The molecule has 2 N–H and O–H groups in total. The predicted molar refractivity (Wildman–Crippen MR) is 133 cm³/mol. The summed E-state index contributed by atoms with van der Waals surface area (Å²) in [5.74, 6) is 0.545. The SMILES string of the molecule is COCCNC(=O)[C@@H](NC(=O)c1ccc2c(c1)OCO2)C1CCN(S(=O)(=O)c2ccc(OC)cc2)CC1. The molecular weight excluding hydrogens is 502 g/mol. The van der Waals surface area contributed by atoms with Gasteiger partial charge in [0.25, 0.3) is 5.91 Å². The first-order chi connectivity index (χ1) is 17.8. The quantitative estimate of drug-likeness (QED) is 0.438. The zero-order valence-corrected chi connectivity index (χ0v) is 21.6. The number of sulfonamides is 1. The van der Waals surface area contributed by atoms with E-state index in [4.69, 9.17) is 18.9 Å². The molecule has 0 bridgehead atoms. The number of hydrogen-bond acceptors (Lipinski definition) is 8. The Bertz CT molecular complexity index is 1210. The van der Waals surface area contributed by atoms with Crippen molar-refractivity contribution in [1.29, 1.82) is 0 Å². The van der Waals surface area contributed by atoms with E-state index in [9.17, 15) is 18.0 Å². The van der Waals surface area contributed by atoms with Gasteiger partial charge in [0.15, 0.2) is 11.5 Å². The van der Waals surface area contributed by atoms with E-state index in [0.29, 0.717) is 42.3 Å². The average Bonchev–Trinajstić information content (AvgIpc) is 3.40. The number of piperidine rings is 1. The predicted octanol–water partition coefficient (Wildman–Crippen LogP) is 1.39. The summed E-state index contributed by atoms with van der Waals surface area (Å²) in [6.07, 6.45) is 0.804. The number of ether oxygens (including phenoxy) is 4. The summed E-state index contributed by atoms with van der Waals surface area (Å²) >= 11 is 0. The molecule has 2 amide bonds. The molecule has 2 aromatic carbocycles. The van der Waals surface area contributed by atoms with Gasteiger partial charge in [-0.15, -0.1) is 0 Å². The summed E-state index contributed by atoms with van der Waals surface area (Å²) in [6, 6.07) is 10.2. The van der Waals surface area contributed by atoms with Gasteiger partial charge in [-0.3, -0.25) is 9.59 Å². The molecule has 2 heterocycles. The molecule has 11 nitrogen and oxygen atoms in total. The first-order valence-corrected chi connectivity index (χ1v) is 13.4. The molecule has 0 spiro atoms. The summed E-state index contributed by atoms with van der Waals surface area (Å²) in [6.45, 7) is 1.15. The number of amides is 2. The highest BCUT2D eigenvalue weighted by Crippen LogP contribution is 2.33. The minimum atomic E-state index is -3.70. The molecule has 1 saturated heterocycles. The van der Waals surface area contributed by atoms with E-state index < -0.39 is 22.0 Å². The van der Waals surface area contributed by atoms with Crippen LogP contribution in [0.25, 0.3) is 0 Å². The van der Waals surface area contributed by atoms with Crippen LogP contribution in [0.1, 0.15) is 23.2 Å². The van der Waals surface area contributed by atoms with Crippen LogP contribution >= 0.6 is 0 Å². The minimum absolute atomic E-state index is 0.0863. The lowest BCUT2D eigenvalue weighted by Gasteiger charge is -2.35. The average molecular weight is 534 g/mol. The van der Waals surface area contributed by atoms with E-state index >= 15 is 0 Å². The molecule has 0 aliphatic carbocycles. The van der Waals surface area contributed by atoms with E-state index in [0.717, 1.165) is 0 Å². The van der Waals surface area contributed by atoms with Crippen molar-refractivity contribution in [3.8, 4) is 17.2 Å². The first kappa shape index (κ1) is 26.7. The third-order valence-corrected chi connectivity index (χ3v) is 8.39. The lowest BCUT2D eigenvalue weighted by molar-refractivity contribution is -0.124. The molecule has 200 valence electrons. The maximum absolute atomic E-state index is 13.1. The molecule has 1 fully saturated rings. The van der Waals surface area contributed by atoms with Gasteiger partial charge in [0.2, 0.25) is 22.7 Å². The molecule has 2 aromatic rings. The number of nitrogens with one attached hydrogen (secondary N) is 2. The third-order valence-electron chi connectivity index (χ3n) is 6.48. The fourth-order valence-corrected chi connectivity index (χ4v) is 5.86.